The Bertz CT molecular complexity index is 451. The quantitative estimate of drug-likeness (QED) is 0.446. The molecule has 7 heteroatoms. The number of rotatable bonds is 7. The van der Waals surface area contributed by atoms with E-state index < -0.39 is 17.3 Å². The molecule has 1 amide bonds. The Morgan fingerprint density at radius 3 is 2.67 bits per heavy atom. The number of aromatic nitrogens is 3. The van der Waals surface area contributed by atoms with Gasteiger partial charge in [-0.25, -0.2) is 4.98 Å². The molecule has 1 unspecified atom stereocenters. The van der Waals surface area contributed by atoms with Crippen LogP contribution in [0.2, 0.25) is 0 Å². The second-order valence-corrected chi connectivity index (χ2v) is 5.88. The van der Waals surface area contributed by atoms with Crippen molar-refractivity contribution in [2.75, 3.05) is 13.2 Å². The van der Waals surface area contributed by atoms with Crippen molar-refractivity contribution in [3.05, 3.63) is 12.2 Å². The highest BCUT2D eigenvalue weighted by Gasteiger charge is 2.38. The van der Waals surface area contributed by atoms with E-state index in [-0.39, 0.29) is 12.5 Å². The Kier molecular flexibility index (Phi) is 6.33. The van der Waals surface area contributed by atoms with Crippen molar-refractivity contribution in [1.29, 1.82) is 0 Å². The molecule has 0 spiro atoms. The number of carbonyl (C=O) groups is 2. The summed E-state index contributed by atoms with van der Waals surface area (Å²) in [5, 5.41) is 9.30. The lowest BCUT2D eigenvalue weighted by Gasteiger charge is -2.27. The summed E-state index contributed by atoms with van der Waals surface area (Å²) in [7, 11) is 0. The van der Waals surface area contributed by atoms with Gasteiger partial charge in [0.05, 0.1) is 6.61 Å². The van der Waals surface area contributed by atoms with Crippen LogP contribution in [0.25, 0.3) is 0 Å². The number of carbonyl (C=O) groups excluding carboxylic acids is 2. The van der Waals surface area contributed by atoms with E-state index in [0.29, 0.717) is 13.0 Å². The van der Waals surface area contributed by atoms with Gasteiger partial charge in [-0.15, -0.1) is 0 Å². The minimum Gasteiger partial charge on any atom is -0.465 e. The predicted molar refractivity (Wildman–Crippen MR) is 77.3 cm³/mol. The van der Waals surface area contributed by atoms with Gasteiger partial charge in [0.2, 0.25) is 5.91 Å². The van der Waals surface area contributed by atoms with Crippen LogP contribution in [0.3, 0.4) is 0 Å². The Morgan fingerprint density at radius 1 is 1.43 bits per heavy atom. The van der Waals surface area contributed by atoms with Gasteiger partial charge in [0.1, 0.15) is 18.1 Å². The van der Waals surface area contributed by atoms with Crippen LogP contribution in [-0.4, -0.2) is 40.2 Å². The summed E-state index contributed by atoms with van der Waals surface area (Å²) in [6.45, 7) is 8.02. The Hall–Kier alpha value is -1.92. The van der Waals surface area contributed by atoms with Crippen LogP contribution in [0.4, 0.5) is 0 Å². The molecular weight excluding hydrogens is 272 g/mol. The zero-order valence-corrected chi connectivity index (χ0v) is 13.1. The van der Waals surface area contributed by atoms with Crippen molar-refractivity contribution in [2.45, 2.75) is 40.5 Å². The predicted octanol–water partition coefficient (Wildman–Crippen LogP) is 1.08. The lowest BCUT2D eigenvalue weighted by atomic mass is 9.80. The van der Waals surface area contributed by atoms with E-state index >= 15 is 0 Å². The van der Waals surface area contributed by atoms with Gasteiger partial charge in [-0.05, 0) is 18.8 Å². The molecule has 0 radical (unpaired) electrons. The van der Waals surface area contributed by atoms with Gasteiger partial charge in [-0.1, -0.05) is 20.8 Å². The molecule has 118 valence electrons. The lowest BCUT2D eigenvalue weighted by Crippen LogP contribution is -2.44. The largest absolute Gasteiger partial charge is 0.465 e. The van der Waals surface area contributed by atoms with E-state index in [9.17, 15) is 9.59 Å². The number of hydrogen-bond donors (Lipinski definition) is 2. The molecule has 7 nitrogen and oxygen atoms in total. The molecule has 2 N–H and O–H groups in total. The standard InChI is InChI=1S/C14H24N4O3/c1-5-21-13(20)11(14(2,3)4)12(19)15-8-6-7-10-16-9-17-18-10/h9,11H,5-8H2,1-4H3,(H,15,19)(H,16,17,18). The van der Waals surface area contributed by atoms with Gasteiger partial charge in [0.25, 0.3) is 0 Å². The van der Waals surface area contributed by atoms with Gasteiger partial charge >= 0.3 is 5.97 Å². The van der Waals surface area contributed by atoms with Crippen molar-refractivity contribution in [3.63, 3.8) is 0 Å². The van der Waals surface area contributed by atoms with Crippen LogP contribution >= 0.6 is 0 Å². The third-order valence-electron chi connectivity index (χ3n) is 3.01. The molecular formula is C14H24N4O3. The average Bonchev–Trinajstić information content (AvgIpc) is 2.86. The first-order valence-corrected chi connectivity index (χ1v) is 7.14. The van der Waals surface area contributed by atoms with Gasteiger partial charge in [0, 0.05) is 13.0 Å². The summed E-state index contributed by atoms with van der Waals surface area (Å²) >= 11 is 0. The first-order chi connectivity index (χ1) is 9.86. The SMILES string of the molecule is CCOC(=O)C(C(=O)NCCCc1ncn[nH]1)C(C)(C)C. The minimum absolute atomic E-state index is 0.268. The molecule has 0 saturated heterocycles. The fourth-order valence-electron chi connectivity index (χ4n) is 2.00. The summed E-state index contributed by atoms with van der Waals surface area (Å²) in [6.07, 6.45) is 2.87. The summed E-state index contributed by atoms with van der Waals surface area (Å²) in [4.78, 5) is 28.2. The number of amides is 1. The monoisotopic (exact) mass is 296 g/mol. The molecule has 1 atom stereocenters. The first kappa shape index (κ1) is 17.1. The highest BCUT2D eigenvalue weighted by Crippen LogP contribution is 2.27. The number of aryl methyl sites for hydroxylation is 1. The number of nitrogens with zero attached hydrogens (tertiary/aromatic N) is 2. The molecule has 21 heavy (non-hydrogen) atoms. The molecule has 1 aromatic heterocycles. The number of hydrogen-bond acceptors (Lipinski definition) is 5. The summed E-state index contributed by atoms with van der Waals surface area (Å²) in [5.74, 6) is -0.791. The summed E-state index contributed by atoms with van der Waals surface area (Å²) < 4.78 is 4.99. The third kappa shape index (κ3) is 5.53. The van der Waals surface area contributed by atoms with E-state index in [2.05, 4.69) is 20.5 Å². The van der Waals surface area contributed by atoms with Crippen LogP contribution in [0, 0.1) is 11.3 Å². The second-order valence-electron chi connectivity index (χ2n) is 5.88. The topological polar surface area (TPSA) is 97.0 Å². The van der Waals surface area contributed by atoms with E-state index in [1.54, 1.807) is 6.92 Å². The number of ether oxygens (including phenoxy) is 1. The van der Waals surface area contributed by atoms with E-state index in [1.807, 2.05) is 20.8 Å². The van der Waals surface area contributed by atoms with E-state index in [4.69, 9.17) is 4.74 Å². The lowest BCUT2D eigenvalue weighted by molar-refractivity contribution is -0.156. The maximum absolute atomic E-state index is 12.2. The minimum atomic E-state index is -0.803. The van der Waals surface area contributed by atoms with Crippen molar-refractivity contribution in [3.8, 4) is 0 Å². The molecule has 1 heterocycles. The average molecular weight is 296 g/mol. The summed E-state index contributed by atoms with van der Waals surface area (Å²) in [6, 6.07) is 0. The molecule has 0 saturated carbocycles. The molecule has 0 fully saturated rings. The van der Waals surface area contributed by atoms with Crippen LogP contribution in [0.5, 0.6) is 0 Å². The highest BCUT2D eigenvalue weighted by atomic mass is 16.5. The zero-order chi connectivity index (χ0) is 15.9. The Morgan fingerprint density at radius 2 is 2.14 bits per heavy atom. The van der Waals surface area contributed by atoms with Gasteiger partial charge in [-0.3, -0.25) is 14.7 Å². The highest BCUT2D eigenvalue weighted by molar-refractivity contribution is 5.98. The normalized spacial score (nSPS) is 12.8. The second kappa shape index (κ2) is 7.75. The fourth-order valence-corrected chi connectivity index (χ4v) is 2.00. The molecule has 0 bridgehead atoms. The van der Waals surface area contributed by atoms with Gasteiger partial charge in [-0.2, -0.15) is 5.10 Å². The van der Waals surface area contributed by atoms with Crippen molar-refractivity contribution >= 4 is 11.9 Å². The van der Waals surface area contributed by atoms with Crippen LogP contribution < -0.4 is 5.32 Å². The molecule has 0 aromatic carbocycles. The van der Waals surface area contributed by atoms with Gasteiger partial charge in [0.15, 0.2) is 0 Å². The fraction of sp³-hybridized carbons (Fsp3) is 0.714. The molecule has 0 aliphatic rings. The van der Waals surface area contributed by atoms with Crippen molar-refractivity contribution in [1.82, 2.24) is 20.5 Å². The maximum Gasteiger partial charge on any atom is 0.319 e. The van der Waals surface area contributed by atoms with E-state index in [0.717, 1.165) is 12.2 Å². The van der Waals surface area contributed by atoms with Crippen LogP contribution in [0.15, 0.2) is 6.33 Å². The summed E-state index contributed by atoms with van der Waals surface area (Å²) in [5.41, 5.74) is -0.485. The van der Waals surface area contributed by atoms with Crippen molar-refractivity contribution in [2.24, 2.45) is 11.3 Å². The number of nitrogens with one attached hydrogen (secondary N) is 2. The Balaban J connectivity index is 2.47. The third-order valence-corrected chi connectivity index (χ3v) is 3.01. The van der Waals surface area contributed by atoms with Crippen molar-refractivity contribution < 1.29 is 14.3 Å². The zero-order valence-electron chi connectivity index (χ0n) is 13.1. The number of aromatic amines is 1. The van der Waals surface area contributed by atoms with Crippen LogP contribution in [-0.2, 0) is 20.7 Å². The molecule has 1 aromatic rings. The smallest absolute Gasteiger partial charge is 0.319 e. The first-order valence-electron chi connectivity index (χ1n) is 7.14. The maximum atomic E-state index is 12.2. The van der Waals surface area contributed by atoms with Crippen LogP contribution in [0.1, 0.15) is 39.9 Å². The number of esters is 1. The number of H-pyrrole nitrogens is 1. The Labute approximate surface area is 124 Å². The van der Waals surface area contributed by atoms with E-state index in [1.165, 1.54) is 6.33 Å². The van der Waals surface area contributed by atoms with Gasteiger partial charge < -0.3 is 10.1 Å². The molecule has 1 rings (SSSR count). The molecule has 0 aliphatic heterocycles. The molecule has 0 aliphatic carbocycles.